The molecule has 19 heavy (non-hydrogen) atoms. The molecule has 1 rings (SSSR count). The Morgan fingerprint density at radius 2 is 1.95 bits per heavy atom. The number of halogens is 2. The fourth-order valence-corrected chi connectivity index (χ4v) is 1.81. The zero-order valence-corrected chi connectivity index (χ0v) is 11.2. The second kappa shape index (κ2) is 7.04. The minimum Gasteiger partial charge on any atom is -0.368 e. The molecule has 0 saturated heterocycles. The van der Waals surface area contributed by atoms with Crippen LogP contribution in [0, 0.1) is 11.6 Å². The lowest BCUT2D eigenvalue weighted by atomic mass is 10.1. The fourth-order valence-electron chi connectivity index (χ4n) is 1.81. The van der Waals surface area contributed by atoms with Crippen molar-refractivity contribution in [1.82, 2.24) is 5.32 Å². The number of hydrogen-bond donors (Lipinski definition) is 2. The number of amides is 1. The SMILES string of the molecule is CCCNCc1cc(F)c(N(C)CC(N)=O)c(F)c1. The van der Waals surface area contributed by atoms with Gasteiger partial charge in [0.25, 0.3) is 0 Å². The van der Waals surface area contributed by atoms with Crippen molar-refractivity contribution < 1.29 is 13.6 Å². The molecular formula is C13H19F2N3O. The lowest BCUT2D eigenvalue weighted by Gasteiger charge is -2.19. The molecule has 0 saturated carbocycles. The number of nitrogens with zero attached hydrogens (tertiary/aromatic N) is 1. The van der Waals surface area contributed by atoms with Crippen molar-refractivity contribution in [1.29, 1.82) is 0 Å². The molecule has 1 aromatic carbocycles. The second-order valence-corrected chi connectivity index (χ2v) is 4.41. The highest BCUT2D eigenvalue weighted by atomic mass is 19.1. The van der Waals surface area contributed by atoms with Gasteiger partial charge in [-0.25, -0.2) is 8.78 Å². The van der Waals surface area contributed by atoms with Crippen LogP contribution in [0.15, 0.2) is 12.1 Å². The van der Waals surface area contributed by atoms with Gasteiger partial charge in [0, 0.05) is 13.6 Å². The average Bonchev–Trinajstić information content (AvgIpc) is 2.27. The molecule has 6 heteroatoms. The third kappa shape index (κ3) is 4.48. The van der Waals surface area contributed by atoms with Crippen LogP contribution in [0.1, 0.15) is 18.9 Å². The van der Waals surface area contributed by atoms with E-state index in [-0.39, 0.29) is 12.2 Å². The molecule has 4 nitrogen and oxygen atoms in total. The van der Waals surface area contributed by atoms with Crippen LogP contribution in [0.25, 0.3) is 0 Å². The number of likely N-dealkylation sites (N-methyl/N-ethyl adjacent to an activating group) is 1. The second-order valence-electron chi connectivity index (χ2n) is 4.41. The minimum atomic E-state index is -0.697. The molecule has 0 spiro atoms. The summed E-state index contributed by atoms with van der Waals surface area (Å²) in [5.74, 6) is -2.04. The molecule has 0 aliphatic rings. The Labute approximate surface area is 111 Å². The summed E-state index contributed by atoms with van der Waals surface area (Å²) in [6.45, 7) is 2.96. The van der Waals surface area contributed by atoms with Crippen molar-refractivity contribution in [3.05, 3.63) is 29.3 Å². The van der Waals surface area contributed by atoms with Gasteiger partial charge in [-0.15, -0.1) is 0 Å². The van der Waals surface area contributed by atoms with Gasteiger partial charge >= 0.3 is 0 Å². The molecule has 1 amide bonds. The molecular weight excluding hydrogens is 252 g/mol. The van der Waals surface area contributed by atoms with Gasteiger partial charge in [0.15, 0.2) is 0 Å². The van der Waals surface area contributed by atoms with Crippen LogP contribution in [0.3, 0.4) is 0 Å². The molecule has 0 aliphatic carbocycles. The average molecular weight is 271 g/mol. The van der Waals surface area contributed by atoms with E-state index in [4.69, 9.17) is 5.73 Å². The summed E-state index contributed by atoms with van der Waals surface area (Å²) >= 11 is 0. The molecule has 0 unspecified atom stereocenters. The van der Waals surface area contributed by atoms with E-state index in [0.29, 0.717) is 12.1 Å². The van der Waals surface area contributed by atoms with Gasteiger partial charge in [0.2, 0.25) is 5.91 Å². The van der Waals surface area contributed by atoms with Crippen LogP contribution in [-0.4, -0.2) is 26.0 Å². The van der Waals surface area contributed by atoms with E-state index in [0.717, 1.165) is 17.9 Å². The van der Waals surface area contributed by atoms with Gasteiger partial charge in [-0.3, -0.25) is 4.79 Å². The molecule has 0 bridgehead atoms. The zero-order chi connectivity index (χ0) is 14.4. The number of benzene rings is 1. The fraction of sp³-hybridized carbons (Fsp3) is 0.462. The van der Waals surface area contributed by atoms with Crippen molar-refractivity contribution in [2.75, 3.05) is 25.0 Å². The topological polar surface area (TPSA) is 58.4 Å². The lowest BCUT2D eigenvalue weighted by Crippen LogP contribution is -2.31. The molecule has 0 radical (unpaired) electrons. The number of rotatable bonds is 7. The van der Waals surface area contributed by atoms with Crippen molar-refractivity contribution in [2.45, 2.75) is 19.9 Å². The van der Waals surface area contributed by atoms with E-state index in [1.165, 1.54) is 19.2 Å². The maximum absolute atomic E-state index is 13.9. The van der Waals surface area contributed by atoms with Crippen molar-refractivity contribution >= 4 is 11.6 Å². The van der Waals surface area contributed by atoms with Crippen LogP contribution in [0.2, 0.25) is 0 Å². The van der Waals surface area contributed by atoms with E-state index in [2.05, 4.69) is 5.32 Å². The standard InChI is InChI=1S/C13H19F2N3O/c1-3-4-17-7-9-5-10(14)13(11(15)6-9)18(2)8-12(16)19/h5-6,17H,3-4,7-8H2,1-2H3,(H2,16,19). The Hall–Kier alpha value is -1.69. The van der Waals surface area contributed by atoms with E-state index in [9.17, 15) is 13.6 Å². The predicted octanol–water partition coefficient (Wildman–Crippen LogP) is 1.39. The van der Waals surface area contributed by atoms with Gasteiger partial charge in [0.1, 0.15) is 17.3 Å². The molecule has 0 fully saturated rings. The number of anilines is 1. The molecule has 3 N–H and O–H groups in total. The molecule has 106 valence electrons. The maximum Gasteiger partial charge on any atom is 0.236 e. The monoisotopic (exact) mass is 271 g/mol. The highest BCUT2D eigenvalue weighted by Gasteiger charge is 2.16. The summed E-state index contributed by atoms with van der Waals surface area (Å²) in [5.41, 5.74) is 5.30. The van der Waals surface area contributed by atoms with Gasteiger partial charge in [-0.05, 0) is 30.7 Å². The lowest BCUT2D eigenvalue weighted by molar-refractivity contribution is -0.116. The normalized spacial score (nSPS) is 10.5. The highest BCUT2D eigenvalue weighted by Crippen LogP contribution is 2.23. The zero-order valence-electron chi connectivity index (χ0n) is 11.2. The minimum absolute atomic E-state index is 0.235. The summed E-state index contributed by atoms with van der Waals surface area (Å²) in [7, 11) is 1.42. The third-order valence-corrected chi connectivity index (χ3v) is 2.61. The van der Waals surface area contributed by atoms with E-state index in [1.807, 2.05) is 6.92 Å². The first-order valence-corrected chi connectivity index (χ1v) is 6.13. The Kier molecular flexibility index (Phi) is 5.69. The Morgan fingerprint density at radius 1 is 1.37 bits per heavy atom. The van der Waals surface area contributed by atoms with Gasteiger partial charge < -0.3 is 16.0 Å². The van der Waals surface area contributed by atoms with Gasteiger partial charge in [-0.1, -0.05) is 6.92 Å². The van der Waals surface area contributed by atoms with E-state index >= 15 is 0 Å². The first-order valence-electron chi connectivity index (χ1n) is 6.13. The molecule has 0 heterocycles. The van der Waals surface area contributed by atoms with Crippen LogP contribution < -0.4 is 16.0 Å². The number of nitrogens with one attached hydrogen (secondary N) is 1. The number of carbonyl (C=O) groups is 1. The summed E-state index contributed by atoms with van der Waals surface area (Å²) in [5, 5.41) is 3.07. The number of primary amides is 1. The largest absolute Gasteiger partial charge is 0.368 e. The van der Waals surface area contributed by atoms with Crippen LogP contribution in [-0.2, 0) is 11.3 Å². The van der Waals surface area contributed by atoms with Crippen molar-refractivity contribution in [2.24, 2.45) is 5.73 Å². The Morgan fingerprint density at radius 3 is 2.42 bits per heavy atom. The third-order valence-electron chi connectivity index (χ3n) is 2.61. The van der Waals surface area contributed by atoms with Crippen molar-refractivity contribution in [3.63, 3.8) is 0 Å². The smallest absolute Gasteiger partial charge is 0.236 e. The Balaban J connectivity index is 2.87. The summed E-state index contributed by atoms with van der Waals surface area (Å²) < 4.78 is 27.7. The van der Waals surface area contributed by atoms with E-state index < -0.39 is 17.5 Å². The number of carbonyl (C=O) groups excluding carboxylic acids is 1. The molecule has 0 aromatic heterocycles. The maximum atomic E-state index is 13.9. The molecule has 0 atom stereocenters. The Bertz CT molecular complexity index is 429. The quantitative estimate of drug-likeness (QED) is 0.737. The summed E-state index contributed by atoms with van der Waals surface area (Å²) in [6.07, 6.45) is 0.949. The summed E-state index contributed by atoms with van der Waals surface area (Å²) in [6, 6.07) is 2.52. The van der Waals surface area contributed by atoms with Crippen LogP contribution in [0.5, 0.6) is 0 Å². The number of nitrogens with two attached hydrogens (primary N) is 1. The highest BCUT2D eigenvalue weighted by molar-refractivity contribution is 5.79. The molecule has 0 aliphatic heterocycles. The number of hydrogen-bond acceptors (Lipinski definition) is 3. The molecule has 1 aromatic rings. The van der Waals surface area contributed by atoms with Crippen LogP contribution in [0.4, 0.5) is 14.5 Å². The predicted molar refractivity (Wildman–Crippen MR) is 70.8 cm³/mol. The van der Waals surface area contributed by atoms with Gasteiger partial charge in [-0.2, -0.15) is 0 Å². The van der Waals surface area contributed by atoms with Crippen molar-refractivity contribution in [3.8, 4) is 0 Å². The first kappa shape index (κ1) is 15.4. The first-order chi connectivity index (χ1) is 8.95. The van der Waals surface area contributed by atoms with E-state index in [1.54, 1.807) is 0 Å². The van der Waals surface area contributed by atoms with Gasteiger partial charge in [0.05, 0.1) is 6.54 Å². The summed E-state index contributed by atoms with van der Waals surface area (Å²) in [4.78, 5) is 11.9. The van der Waals surface area contributed by atoms with Crippen LogP contribution >= 0.6 is 0 Å².